The van der Waals surface area contributed by atoms with Crippen LogP contribution in [0.25, 0.3) is 0 Å². The van der Waals surface area contributed by atoms with Crippen molar-refractivity contribution in [1.82, 2.24) is 4.90 Å². The van der Waals surface area contributed by atoms with E-state index in [1.807, 2.05) is 17.0 Å². The number of nitrogens with one attached hydrogen (secondary N) is 2. The van der Waals surface area contributed by atoms with Crippen molar-refractivity contribution in [2.24, 2.45) is 0 Å². The fourth-order valence-electron chi connectivity index (χ4n) is 2.35. The largest absolute Gasteiger partial charge is 0.326 e. The van der Waals surface area contributed by atoms with E-state index in [4.69, 9.17) is 0 Å². The summed E-state index contributed by atoms with van der Waals surface area (Å²) < 4.78 is 0. The molecular formula is C15H21N3O2. The van der Waals surface area contributed by atoms with Crippen LogP contribution < -0.4 is 10.6 Å². The highest BCUT2D eigenvalue weighted by Gasteiger charge is 2.15. The first kappa shape index (κ1) is 14.4. The van der Waals surface area contributed by atoms with Gasteiger partial charge in [-0.3, -0.25) is 4.79 Å². The second kappa shape index (κ2) is 6.93. The van der Waals surface area contributed by atoms with Crippen LogP contribution in [0.4, 0.5) is 16.2 Å². The van der Waals surface area contributed by atoms with Crippen LogP contribution in [0.1, 0.15) is 32.6 Å². The van der Waals surface area contributed by atoms with Crippen molar-refractivity contribution in [3.63, 3.8) is 0 Å². The number of anilines is 2. The minimum atomic E-state index is -0.124. The average molecular weight is 275 g/mol. The van der Waals surface area contributed by atoms with Gasteiger partial charge in [-0.25, -0.2) is 4.79 Å². The molecule has 0 bridgehead atoms. The molecule has 108 valence electrons. The van der Waals surface area contributed by atoms with Crippen LogP contribution in [0.2, 0.25) is 0 Å². The van der Waals surface area contributed by atoms with Gasteiger partial charge >= 0.3 is 6.03 Å². The molecule has 2 N–H and O–H groups in total. The van der Waals surface area contributed by atoms with Gasteiger partial charge in [0.15, 0.2) is 0 Å². The third-order valence-electron chi connectivity index (χ3n) is 3.33. The van der Waals surface area contributed by atoms with Crippen molar-refractivity contribution < 1.29 is 9.59 Å². The Kier molecular flexibility index (Phi) is 4.98. The summed E-state index contributed by atoms with van der Waals surface area (Å²) in [5.74, 6) is -0.124. The van der Waals surface area contributed by atoms with Crippen LogP contribution in [0, 0.1) is 0 Å². The van der Waals surface area contributed by atoms with Gasteiger partial charge < -0.3 is 15.5 Å². The molecule has 0 spiro atoms. The number of carbonyl (C=O) groups excluding carboxylic acids is 2. The van der Waals surface area contributed by atoms with E-state index in [0.717, 1.165) is 25.9 Å². The SMILES string of the molecule is CC(=O)Nc1cccc(NC(=O)N2CCCCCC2)c1. The second-order valence-corrected chi connectivity index (χ2v) is 5.09. The smallest absolute Gasteiger partial charge is 0.321 e. The Labute approximate surface area is 119 Å². The van der Waals surface area contributed by atoms with E-state index in [1.165, 1.54) is 19.8 Å². The fourth-order valence-corrected chi connectivity index (χ4v) is 2.35. The fraction of sp³-hybridized carbons (Fsp3) is 0.467. The first-order valence-corrected chi connectivity index (χ1v) is 7.09. The minimum Gasteiger partial charge on any atom is -0.326 e. The van der Waals surface area contributed by atoms with Gasteiger partial charge in [-0.05, 0) is 31.0 Å². The highest BCUT2D eigenvalue weighted by atomic mass is 16.2. The number of rotatable bonds is 2. The third-order valence-corrected chi connectivity index (χ3v) is 3.33. The molecule has 0 aromatic heterocycles. The van der Waals surface area contributed by atoms with Crippen molar-refractivity contribution in [3.8, 4) is 0 Å². The van der Waals surface area contributed by atoms with E-state index in [2.05, 4.69) is 10.6 Å². The average Bonchev–Trinajstić information content (AvgIpc) is 2.67. The number of nitrogens with zero attached hydrogens (tertiary/aromatic N) is 1. The molecule has 1 heterocycles. The van der Waals surface area contributed by atoms with E-state index < -0.39 is 0 Å². The van der Waals surface area contributed by atoms with E-state index >= 15 is 0 Å². The molecule has 0 radical (unpaired) electrons. The maximum atomic E-state index is 12.2. The highest BCUT2D eigenvalue weighted by molar-refractivity contribution is 5.92. The molecule has 1 aliphatic rings. The summed E-state index contributed by atoms with van der Waals surface area (Å²) in [5.41, 5.74) is 1.39. The van der Waals surface area contributed by atoms with Gasteiger partial charge in [0, 0.05) is 31.4 Å². The molecule has 2 rings (SSSR count). The summed E-state index contributed by atoms with van der Waals surface area (Å²) >= 11 is 0. The second-order valence-electron chi connectivity index (χ2n) is 5.09. The molecule has 1 aromatic rings. The summed E-state index contributed by atoms with van der Waals surface area (Å²) in [7, 11) is 0. The first-order valence-electron chi connectivity index (χ1n) is 7.09. The summed E-state index contributed by atoms with van der Waals surface area (Å²) in [6.45, 7) is 3.09. The van der Waals surface area contributed by atoms with Crippen molar-refractivity contribution in [2.45, 2.75) is 32.6 Å². The molecule has 1 aromatic carbocycles. The summed E-state index contributed by atoms with van der Waals surface area (Å²) in [4.78, 5) is 25.1. The van der Waals surface area contributed by atoms with Gasteiger partial charge in [-0.15, -0.1) is 0 Å². The van der Waals surface area contributed by atoms with Gasteiger partial charge in [-0.2, -0.15) is 0 Å². The van der Waals surface area contributed by atoms with Crippen molar-refractivity contribution in [1.29, 1.82) is 0 Å². The van der Waals surface area contributed by atoms with Crippen LogP contribution in [0.3, 0.4) is 0 Å². The van der Waals surface area contributed by atoms with E-state index in [9.17, 15) is 9.59 Å². The van der Waals surface area contributed by atoms with Gasteiger partial charge in [0.05, 0.1) is 0 Å². The summed E-state index contributed by atoms with van der Waals surface area (Å²) in [6, 6.07) is 7.12. The molecule has 3 amide bonds. The number of likely N-dealkylation sites (tertiary alicyclic amines) is 1. The van der Waals surface area contributed by atoms with Gasteiger partial charge in [0.2, 0.25) is 5.91 Å². The zero-order valence-corrected chi connectivity index (χ0v) is 11.8. The third kappa shape index (κ3) is 4.26. The highest BCUT2D eigenvalue weighted by Crippen LogP contribution is 2.17. The topological polar surface area (TPSA) is 61.4 Å². The number of carbonyl (C=O) groups is 2. The van der Waals surface area contributed by atoms with E-state index in [0.29, 0.717) is 11.4 Å². The molecule has 0 unspecified atom stereocenters. The van der Waals surface area contributed by atoms with Crippen molar-refractivity contribution in [3.05, 3.63) is 24.3 Å². The molecule has 1 saturated heterocycles. The van der Waals surface area contributed by atoms with Crippen LogP contribution in [-0.2, 0) is 4.79 Å². The van der Waals surface area contributed by atoms with Crippen LogP contribution in [-0.4, -0.2) is 29.9 Å². The Morgan fingerprint density at radius 1 is 1.00 bits per heavy atom. The molecule has 5 heteroatoms. The Hall–Kier alpha value is -2.04. The lowest BCUT2D eigenvalue weighted by Crippen LogP contribution is -2.35. The number of benzene rings is 1. The molecule has 0 saturated carbocycles. The predicted octanol–water partition coefficient (Wildman–Crippen LogP) is 3.05. The quantitative estimate of drug-likeness (QED) is 0.871. The minimum absolute atomic E-state index is 0.0631. The van der Waals surface area contributed by atoms with Gasteiger partial charge in [-0.1, -0.05) is 18.9 Å². The molecule has 5 nitrogen and oxygen atoms in total. The molecule has 1 aliphatic heterocycles. The lowest BCUT2D eigenvalue weighted by Gasteiger charge is -2.21. The number of amides is 3. The number of hydrogen-bond donors (Lipinski definition) is 2. The van der Waals surface area contributed by atoms with Crippen molar-refractivity contribution >= 4 is 23.3 Å². The molecule has 1 fully saturated rings. The predicted molar refractivity (Wildman–Crippen MR) is 79.8 cm³/mol. The van der Waals surface area contributed by atoms with Crippen LogP contribution in [0.5, 0.6) is 0 Å². The number of hydrogen-bond acceptors (Lipinski definition) is 2. The number of urea groups is 1. The molecular weight excluding hydrogens is 254 g/mol. The van der Waals surface area contributed by atoms with E-state index in [-0.39, 0.29) is 11.9 Å². The van der Waals surface area contributed by atoms with Crippen LogP contribution in [0.15, 0.2) is 24.3 Å². The molecule has 0 atom stereocenters. The molecule has 0 aliphatic carbocycles. The lowest BCUT2D eigenvalue weighted by atomic mass is 10.2. The Balaban J connectivity index is 1.97. The Morgan fingerprint density at radius 2 is 1.60 bits per heavy atom. The first-order chi connectivity index (χ1) is 9.65. The maximum absolute atomic E-state index is 12.2. The zero-order chi connectivity index (χ0) is 14.4. The lowest BCUT2D eigenvalue weighted by molar-refractivity contribution is -0.114. The maximum Gasteiger partial charge on any atom is 0.321 e. The van der Waals surface area contributed by atoms with Gasteiger partial charge in [0.25, 0.3) is 0 Å². The summed E-state index contributed by atoms with van der Waals surface area (Å²) in [5, 5.41) is 5.59. The van der Waals surface area contributed by atoms with Crippen molar-refractivity contribution in [2.75, 3.05) is 23.7 Å². The van der Waals surface area contributed by atoms with Crippen LogP contribution >= 0.6 is 0 Å². The summed E-state index contributed by atoms with van der Waals surface area (Å²) in [6.07, 6.45) is 4.53. The monoisotopic (exact) mass is 275 g/mol. The zero-order valence-electron chi connectivity index (χ0n) is 11.8. The Bertz CT molecular complexity index is 480. The van der Waals surface area contributed by atoms with Gasteiger partial charge in [0.1, 0.15) is 0 Å². The molecule has 20 heavy (non-hydrogen) atoms. The Morgan fingerprint density at radius 3 is 2.20 bits per heavy atom. The normalized spacial score (nSPS) is 15.3. The van der Waals surface area contributed by atoms with E-state index in [1.54, 1.807) is 12.1 Å². The standard InChI is InChI=1S/C15H21N3O2/c1-12(19)16-13-7-6-8-14(11-13)17-15(20)18-9-4-2-3-5-10-18/h6-8,11H,2-5,9-10H2,1H3,(H,16,19)(H,17,20).